The minimum atomic E-state index is -1.34. The van der Waals surface area contributed by atoms with E-state index in [0.29, 0.717) is 50.2 Å². The Labute approximate surface area is 240 Å². The first-order valence-electron chi connectivity index (χ1n) is 11.6. The summed E-state index contributed by atoms with van der Waals surface area (Å²) in [6.07, 6.45) is 0.119. The van der Waals surface area contributed by atoms with Crippen LogP contribution in [0.15, 0.2) is 96.1 Å². The highest BCUT2D eigenvalue weighted by atomic mass is 35.5. The van der Waals surface area contributed by atoms with Crippen molar-refractivity contribution >= 4 is 46.9 Å². The van der Waals surface area contributed by atoms with E-state index in [0.717, 1.165) is 5.56 Å². The zero-order valence-electron chi connectivity index (χ0n) is 20.6. The van der Waals surface area contributed by atoms with Gasteiger partial charge in [-0.15, -0.1) is 0 Å². The van der Waals surface area contributed by atoms with Gasteiger partial charge in [-0.1, -0.05) is 46.9 Å². The molecule has 0 aromatic heterocycles. The first-order valence-corrected chi connectivity index (χ1v) is 12.8. The molecule has 0 spiro atoms. The fourth-order valence-corrected chi connectivity index (χ4v) is 3.63. The molecular weight excluding hydrogens is 563 g/mol. The van der Waals surface area contributed by atoms with Crippen molar-refractivity contribution in [3.8, 4) is 23.0 Å². The molecule has 0 atom stereocenters. The first-order chi connectivity index (χ1) is 18.9. The Balaban J connectivity index is 1.41. The second-order valence-corrected chi connectivity index (χ2v) is 9.34. The number of nitrogens with one attached hydrogen (secondary N) is 1. The van der Waals surface area contributed by atoms with Gasteiger partial charge in [0.2, 0.25) is 0 Å². The summed E-state index contributed by atoms with van der Waals surface area (Å²) in [7, 11) is 1.54. The van der Waals surface area contributed by atoms with Gasteiger partial charge in [0.25, 0.3) is 0 Å². The van der Waals surface area contributed by atoms with Crippen molar-refractivity contribution in [2.24, 2.45) is 5.10 Å². The summed E-state index contributed by atoms with van der Waals surface area (Å²) in [6, 6.07) is 25.7. The van der Waals surface area contributed by atoms with Crippen molar-refractivity contribution < 1.29 is 23.7 Å². The van der Waals surface area contributed by atoms with Crippen molar-refractivity contribution in [3.63, 3.8) is 0 Å². The van der Waals surface area contributed by atoms with E-state index in [9.17, 15) is 4.79 Å². The lowest BCUT2D eigenvalue weighted by Crippen LogP contribution is -2.40. The molecule has 0 aliphatic rings. The SMILES string of the molecule is COc1cc(/C=N\NC(=O)C(Oc2ccc(Cl)cc2)Oc2ccc(Cl)cc2)ccc1OCc1ccc(Cl)cc1. The number of benzene rings is 4. The lowest BCUT2D eigenvalue weighted by Gasteiger charge is -2.19. The Kier molecular flexibility index (Phi) is 9.91. The summed E-state index contributed by atoms with van der Waals surface area (Å²) in [5, 5.41) is 5.77. The second kappa shape index (κ2) is 13.8. The van der Waals surface area contributed by atoms with Crippen molar-refractivity contribution in [1.29, 1.82) is 0 Å². The molecule has 7 nitrogen and oxygen atoms in total. The van der Waals surface area contributed by atoms with Crippen LogP contribution in [0.3, 0.4) is 0 Å². The quantitative estimate of drug-likeness (QED) is 0.115. The molecule has 4 rings (SSSR count). The first kappa shape index (κ1) is 28.1. The number of halogens is 3. The van der Waals surface area contributed by atoms with Crippen molar-refractivity contribution in [1.82, 2.24) is 5.43 Å². The molecule has 10 heteroatoms. The molecule has 0 saturated carbocycles. The average Bonchev–Trinajstić information content (AvgIpc) is 2.95. The van der Waals surface area contributed by atoms with Crippen LogP contribution in [-0.4, -0.2) is 25.5 Å². The Hall–Kier alpha value is -3.91. The summed E-state index contributed by atoms with van der Waals surface area (Å²) in [4.78, 5) is 12.9. The number of nitrogens with zero attached hydrogens (tertiary/aromatic N) is 1. The fourth-order valence-electron chi connectivity index (χ4n) is 3.25. The zero-order chi connectivity index (χ0) is 27.6. The number of hydrogen-bond acceptors (Lipinski definition) is 6. The highest BCUT2D eigenvalue weighted by Crippen LogP contribution is 2.28. The monoisotopic (exact) mass is 584 g/mol. The number of amides is 1. The van der Waals surface area contributed by atoms with Gasteiger partial charge in [-0.25, -0.2) is 5.43 Å². The van der Waals surface area contributed by atoms with Crippen LogP contribution in [0.25, 0.3) is 0 Å². The number of rotatable bonds is 11. The van der Waals surface area contributed by atoms with Crippen LogP contribution in [0.2, 0.25) is 15.1 Å². The molecule has 200 valence electrons. The Morgan fingerprint density at radius 3 is 1.87 bits per heavy atom. The van der Waals surface area contributed by atoms with Gasteiger partial charge in [0.05, 0.1) is 13.3 Å². The highest BCUT2D eigenvalue weighted by molar-refractivity contribution is 6.31. The zero-order valence-corrected chi connectivity index (χ0v) is 22.9. The summed E-state index contributed by atoms with van der Waals surface area (Å²) in [5.41, 5.74) is 4.07. The minimum Gasteiger partial charge on any atom is -0.493 e. The minimum absolute atomic E-state index is 0.347. The van der Waals surface area contributed by atoms with Crippen molar-refractivity contribution in [2.45, 2.75) is 12.9 Å². The summed E-state index contributed by atoms with van der Waals surface area (Å²) in [6.45, 7) is 0.347. The predicted molar refractivity (Wildman–Crippen MR) is 152 cm³/mol. The molecule has 1 amide bonds. The maximum atomic E-state index is 12.9. The number of ether oxygens (including phenoxy) is 4. The van der Waals surface area contributed by atoms with E-state index >= 15 is 0 Å². The standard InChI is InChI=1S/C29H23Cl3N2O5/c1-36-27-16-20(4-15-26(27)37-18-19-2-5-21(30)6-3-19)17-33-34-28(35)29(38-24-11-7-22(31)8-12-24)39-25-13-9-23(32)10-14-25/h2-17,29H,18H2,1H3,(H,34,35)/b33-17-. The van der Waals surface area contributed by atoms with E-state index in [1.54, 1.807) is 86.0 Å². The number of methoxy groups -OCH3 is 1. The topological polar surface area (TPSA) is 78.4 Å². The maximum Gasteiger partial charge on any atom is 0.323 e. The van der Waals surface area contributed by atoms with Crippen LogP contribution in [-0.2, 0) is 11.4 Å². The van der Waals surface area contributed by atoms with Gasteiger partial charge in [0.15, 0.2) is 11.5 Å². The van der Waals surface area contributed by atoms with Crippen LogP contribution in [0, 0.1) is 0 Å². The van der Waals surface area contributed by atoms with E-state index in [2.05, 4.69) is 10.5 Å². The molecule has 1 N–H and O–H groups in total. The fraction of sp³-hybridized carbons (Fsp3) is 0.103. The van der Waals surface area contributed by atoms with E-state index in [4.69, 9.17) is 53.8 Å². The Morgan fingerprint density at radius 1 is 0.795 bits per heavy atom. The molecule has 0 heterocycles. The highest BCUT2D eigenvalue weighted by Gasteiger charge is 2.23. The maximum absolute atomic E-state index is 12.9. The molecule has 39 heavy (non-hydrogen) atoms. The molecule has 4 aromatic carbocycles. The van der Waals surface area contributed by atoms with Crippen LogP contribution in [0.5, 0.6) is 23.0 Å². The number of hydrogen-bond donors (Lipinski definition) is 1. The average molecular weight is 586 g/mol. The smallest absolute Gasteiger partial charge is 0.323 e. The third-order valence-electron chi connectivity index (χ3n) is 5.21. The lowest BCUT2D eigenvalue weighted by atomic mass is 10.2. The van der Waals surface area contributed by atoms with Gasteiger partial charge in [0, 0.05) is 15.1 Å². The Morgan fingerprint density at radius 2 is 1.33 bits per heavy atom. The summed E-state index contributed by atoms with van der Waals surface area (Å²) < 4.78 is 22.8. The summed E-state index contributed by atoms with van der Waals surface area (Å²) >= 11 is 17.8. The van der Waals surface area contributed by atoms with Crippen LogP contribution >= 0.6 is 34.8 Å². The second-order valence-electron chi connectivity index (χ2n) is 8.04. The lowest BCUT2D eigenvalue weighted by molar-refractivity contribution is -0.140. The number of hydrazone groups is 1. The van der Waals surface area contributed by atoms with E-state index in [-0.39, 0.29) is 0 Å². The van der Waals surface area contributed by atoms with Gasteiger partial charge < -0.3 is 18.9 Å². The number of carbonyl (C=O) groups is 1. The molecule has 0 radical (unpaired) electrons. The molecule has 0 aliphatic carbocycles. The predicted octanol–water partition coefficient (Wildman–Crippen LogP) is 7.17. The largest absolute Gasteiger partial charge is 0.493 e. The van der Waals surface area contributed by atoms with Crippen LogP contribution in [0.4, 0.5) is 0 Å². The van der Waals surface area contributed by atoms with Crippen LogP contribution < -0.4 is 24.4 Å². The molecule has 0 saturated heterocycles. The normalized spacial score (nSPS) is 10.9. The van der Waals surface area contributed by atoms with Crippen molar-refractivity contribution in [2.75, 3.05) is 7.11 Å². The van der Waals surface area contributed by atoms with Gasteiger partial charge in [-0.3, -0.25) is 4.79 Å². The summed E-state index contributed by atoms with van der Waals surface area (Å²) in [5.74, 6) is 1.20. The van der Waals surface area contributed by atoms with Gasteiger partial charge in [0.1, 0.15) is 18.1 Å². The van der Waals surface area contributed by atoms with E-state index in [1.807, 2.05) is 12.1 Å². The van der Waals surface area contributed by atoms with E-state index < -0.39 is 12.2 Å². The third-order valence-corrected chi connectivity index (χ3v) is 5.97. The Bertz CT molecular complexity index is 1370. The van der Waals surface area contributed by atoms with Gasteiger partial charge >= 0.3 is 12.2 Å². The number of carbonyl (C=O) groups excluding carboxylic acids is 1. The molecule has 0 aliphatic heterocycles. The van der Waals surface area contributed by atoms with Crippen molar-refractivity contribution in [3.05, 3.63) is 117 Å². The van der Waals surface area contributed by atoms with E-state index in [1.165, 1.54) is 6.21 Å². The molecule has 0 bridgehead atoms. The third kappa shape index (κ3) is 8.55. The molecule has 0 fully saturated rings. The molecular formula is C29H23Cl3N2O5. The van der Waals surface area contributed by atoms with Gasteiger partial charge in [-0.05, 0) is 90.0 Å². The van der Waals surface area contributed by atoms with Gasteiger partial charge in [-0.2, -0.15) is 5.10 Å². The molecule has 4 aromatic rings. The molecule has 0 unspecified atom stereocenters. The van der Waals surface area contributed by atoms with Crippen LogP contribution in [0.1, 0.15) is 11.1 Å².